The second kappa shape index (κ2) is 7.14. The predicted molar refractivity (Wildman–Crippen MR) is 84.5 cm³/mol. The van der Waals surface area contributed by atoms with Gasteiger partial charge in [-0.1, -0.05) is 12.1 Å². The van der Waals surface area contributed by atoms with Crippen LogP contribution in [0.15, 0.2) is 40.8 Å². The summed E-state index contributed by atoms with van der Waals surface area (Å²) in [5, 5.41) is 2.43. The van der Waals surface area contributed by atoms with E-state index in [9.17, 15) is 27.6 Å². The Hall–Kier alpha value is -3.30. The number of rotatable bonds is 4. The lowest BCUT2D eigenvalue weighted by Gasteiger charge is -2.11. The summed E-state index contributed by atoms with van der Waals surface area (Å²) in [5.74, 6) is -1.90. The summed E-state index contributed by atoms with van der Waals surface area (Å²) in [6.45, 7) is -0.168. The minimum Gasteiger partial charge on any atom is -0.450 e. The zero-order chi connectivity index (χ0) is 19.6. The summed E-state index contributed by atoms with van der Waals surface area (Å²) in [6, 6.07) is 6.41. The molecule has 1 fully saturated rings. The molecule has 2 heterocycles. The Bertz CT molecular complexity index is 891. The summed E-state index contributed by atoms with van der Waals surface area (Å²) in [5.41, 5.74) is -0.719. The standard InChI is InChI=1S/C17H13F3N2O5/c18-17(19,20)11-3-1-2-10(8-11)12-4-5-13(27-12)15(24)26-9-14(23)22-7-6-21-16(22)25/h1-5,8H,6-7,9H2,(H,21,25). The molecule has 7 nitrogen and oxygen atoms in total. The molecule has 142 valence electrons. The molecule has 27 heavy (non-hydrogen) atoms. The maximum absolute atomic E-state index is 12.8. The van der Waals surface area contributed by atoms with Crippen molar-refractivity contribution < 1.29 is 36.7 Å². The maximum atomic E-state index is 12.8. The third-order valence-electron chi connectivity index (χ3n) is 3.77. The highest BCUT2D eigenvalue weighted by molar-refractivity contribution is 5.97. The van der Waals surface area contributed by atoms with E-state index in [2.05, 4.69) is 5.32 Å². The Morgan fingerprint density at radius 2 is 2.00 bits per heavy atom. The van der Waals surface area contributed by atoms with Gasteiger partial charge in [-0.15, -0.1) is 0 Å². The number of urea groups is 1. The van der Waals surface area contributed by atoms with Gasteiger partial charge in [0.05, 0.1) is 5.56 Å². The number of alkyl halides is 3. The van der Waals surface area contributed by atoms with Crippen LogP contribution in [-0.2, 0) is 15.7 Å². The number of nitrogens with one attached hydrogen (secondary N) is 1. The summed E-state index contributed by atoms with van der Waals surface area (Å²) in [7, 11) is 0. The van der Waals surface area contributed by atoms with Crippen molar-refractivity contribution in [2.75, 3.05) is 19.7 Å². The predicted octanol–water partition coefficient (Wildman–Crippen LogP) is 2.67. The molecule has 1 saturated heterocycles. The molecule has 0 bridgehead atoms. The molecular formula is C17H13F3N2O5. The van der Waals surface area contributed by atoms with E-state index in [0.717, 1.165) is 17.0 Å². The van der Waals surface area contributed by atoms with Crippen LogP contribution < -0.4 is 5.32 Å². The normalized spacial score (nSPS) is 14.2. The van der Waals surface area contributed by atoms with Crippen LogP contribution in [0.3, 0.4) is 0 Å². The number of hydrogen-bond donors (Lipinski definition) is 1. The molecule has 1 aliphatic heterocycles. The van der Waals surface area contributed by atoms with Crippen LogP contribution in [0.25, 0.3) is 11.3 Å². The van der Waals surface area contributed by atoms with Crippen molar-refractivity contribution in [3.8, 4) is 11.3 Å². The Kier molecular flexibility index (Phi) is 4.89. The monoisotopic (exact) mass is 382 g/mol. The van der Waals surface area contributed by atoms with Gasteiger partial charge < -0.3 is 14.5 Å². The Labute approximate surface area is 150 Å². The van der Waals surface area contributed by atoms with E-state index in [0.29, 0.717) is 6.54 Å². The SMILES string of the molecule is O=C(OCC(=O)N1CCNC1=O)c1ccc(-c2cccc(C(F)(F)F)c2)o1. The number of benzene rings is 1. The number of amides is 3. The van der Waals surface area contributed by atoms with Gasteiger partial charge in [0.15, 0.2) is 6.61 Å². The first kappa shape index (κ1) is 18.5. The molecular weight excluding hydrogens is 369 g/mol. The quantitative estimate of drug-likeness (QED) is 0.822. The van der Waals surface area contributed by atoms with Crippen molar-refractivity contribution in [2.24, 2.45) is 0 Å². The van der Waals surface area contributed by atoms with Crippen LogP contribution in [0.2, 0.25) is 0 Å². The highest BCUT2D eigenvalue weighted by atomic mass is 19.4. The van der Waals surface area contributed by atoms with Gasteiger partial charge in [0, 0.05) is 18.7 Å². The van der Waals surface area contributed by atoms with Gasteiger partial charge in [-0.2, -0.15) is 13.2 Å². The molecule has 1 aromatic heterocycles. The minimum absolute atomic E-state index is 0.0401. The number of imide groups is 1. The summed E-state index contributed by atoms with van der Waals surface area (Å²) in [4.78, 5) is 36.0. The lowest BCUT2D eigenvalue weighted by Crippen LogP contribution is -2.37. The number of carbonyl (C=O) groups is 3. The van der Waals surface area contributed by atoms with Crippen molar-refractivity contribution in [2.45, 2.75) is 6.18 Å². The van der Waals surface area contributed by atoms with E-state index >= 15 is 0 Å². The van der Waals surface area contributed by atoms with Crippen LogP contribution in [0.4, 0.5) is 18.0 Å². The van der Waals surface area contributed by atoms with Crippen LogP contribution in [0, 0.1) is 0 Å². The molecule has 1 aromatic carbocycles. The largest absolute Gasteiger partial charge is 0.450 e. The first-order valence-corrected chi connectivity index (χ1v) is 7.78. The van der Waals surface area contributed by atoms with Crippen LogP contribution in [-0.4, -0.2) is 42.5 Å². The van der Waals surface area contributed by atoms with E-state index in [1.165, 1.54) is 24.3 Å². The second-order valence-corrected chi connectivity index (χ2v) is 5.60. The molecule has 3 rings (SSSR count). The number of carbonyl (C=O) groups excluding carboxylic acids is 3. The smallest absolute Gasteiger partial charge is 0.416 e. The summed E-state index contributed by atoms with van der Waals surface area (Å²) >= 11 is 0. The van der Waals surface area contributed by atoms with Crippen molar-refractivity contribution >= 4 is 17.9 Å². The maximum Gasteiger partial charge on any atom is 0.416 e. The van der Waals surface area contributed by atoms with Crippen molar-refractivity contribution in [1.82, 2.24) is 10.2 Å². The molecule has 0 radical (unpaired) electrons. The topological polar surface area (TPSA) is 88.9 Å². The van der Waals surface area contributed by atoms with Gasteiger partial charge in [-0.3, -0.25) is 9.69 Å². The number of esters is 1. The van der Waals surface area contributed by atoms with Crippen LogP contribution in [0.1, 0.15) is 16.1 Å². The zero-order valence-corrected chi connectivity index (χ0v) is 13.7. The Balaban J connectivity index is 1.66. The number of ether oxygens (including phenoxy) is 1. The zero-order valence-electron chi connectivity index (χ0n) is 13.7. The molecule has 0 atom stereocenters. The fraction of sp³-hybridized carbons (Fsp3) is 0.235. The average molecular weight is 382 g/mol. The molecule has 1 N–H and O–H groups in total. The van der Waals surface area contributed by atoms with E-state index in [-0.39, 0.29) is 23.6 Å². The van der Waals surface area contributed by atoms with Gasteiger partial charge >= 0.3 is 18.2 Å². The van der Waals surface area contributed by atoms with Gasteiger partial charge in [-0.25, -0.2) is 9.59 Å². The van der Waals surface area contributed by atoms with Crippen LogP contribution >= 0.6 is 0 Å². The number of halogens is 3. The lowest BCUT2D eigenvalue weighted by molar-refractivity contribution is -0.137. The second-order valence-electron chi connectivity index (χ2n) is 5.60. The molecule has 2 aromatic rings. The van der Waals surface area contributed by atoms with Crippen molar-refractivity contribution in [1.29, 1.82) is 0 Å². The number of furan rings is 1. The first-order valence-electron chi connectivity index (χ1n) is 7.78. The van der Waals surface area contributed by atoms with E-state index in [4.69, 9.17) is 9.15 Å². The number of hydrogen-bond acceptors (Lipinski definition) is 5. The highest BCUT2D eigenvalue weighted by Gasteiger charge is 2.31. The fourth-order valence-corrected chi connectivity index (χ4v) is 2.44. The first-order chi connectivity index (χ1) is 12.8. The van der Waals surface area contributed by atoms with E-state index < -0.39 is 36.3 Å². The lowest BCUT2D eigenvalue weighted by atomic mass is 10.1. The summed E-state index contributed by atoms with van der Waals surface area (Å²) < 4.78 is 48.4. The highest BCUT2D eigenvalue weighted by Crippen LogP contribution is 2.32. The van der Waals surface area contributed by atoms with Crippen molar-refractivity contribution in [3.05, 3.63) is 47.7 Å². The summed E-state index contributed by atoms with van der Waals surface area (Å²) in [6.07, 6.45) is -4.51. The van der Waals surface area contributed by atoms with Gasteiger partial charge in [0.2, 0.25) is 5.76 Å². The third kappa shape index (κ3) is 4.10. The fourth-order valence-electron chi connectivity index (χ4n) is 2.44. The van der Waals surface area contributed by atoms with Gasteiger partial charge in [-0.05, 0) is 24.3 Å². The van der Waals surface area contributed by atoms with Gasteiger partial charge in [0.1, 0.15) is 5.76 Å². The minimum atomic E-state index is -4.51. The van der Waals surface area contributed by atoms with Gasteiger partial charge in [0.25, 0.3) is 5.91 Å². The van der Waals surface area contributed by atoms with Crippen LogP contribution in [0.5, 0.6) is 0 Å². The number of nitrogens with zero attached hydrogens (tertiary/aromatic N) is 1. The Morgan fingerprint density at radius 3 is 2.67 bits per heavy atom. The third-order valence-corrected chi connectivity index (χ3v) is 3.77. The molecule has 0 saturated carbocycles. The molecule has 3 amide bonds. The van der Waals surface area contributed by atoms with Crippen molar-refractivity contribution in [3.63, 3.8) is 0 Å². The Morgan fingerprint density at radius 1 is 1.22 bits per heavy atom. The molecule has 1 aliphatic rings. The average Bonchev–Trinajstić information content (AvgIpc) is 3.28. The molecule has 0 spiro atoms. The molecule has 0 aliphatic carbocycles. The van der Waals surface area contributed by atoms with E-state index in [1.54, 1.807) is 0 Å². The molecule has 10 heteroatoms. The van der Waals surface area contributed by atoms with E-state index in [1.807, 2.05) is 0 Å². The molecule has 0 unspecified atom stereocenters.